The van der Waals surface area contributed by atoms with Crippen molar-refractivity contribution in [3.63, 3.8) is 0 Å². The minimum atomic E-state index is -0.273. The molecule has 108 valence electrons. The van der Waals surface area contributed by atoms with Gasteiger partial charge in [0.1, 0.15) is 17.8 Å². The van der Waals surface area contributed by atoms with Crippen molar-refractivity contribution < 1.29 is 4.79 Å². The molecule has 1 aromatic heterocycles. The standard InChI is InChI=1S/C10H13N3O2.2C2H6/c1-4-11-9-7(2)12-8(3)13(5-6-14)10(9)15;2*1-2/h4,6H,5H2,1-3H3;2*1-2H3. The maximum absolute atomic E-state index is 11.8. The van der Waals surface area contributed by atoms with Gasteiger partial charge in [0, 0.05) is 6.21 Å². The van der Waals surface area contributed by atoms with Crippen LogP contribution in [0.4, 0.5) is 5.69 Å². The third-order valence-electron chi connectivity index (χ3n) is 2.03. The van der Waals surface area contributed by atoms with Gasteiger partial charge in [0.25, 0.3) is 5.56 Å². The van der Waals surface area contributed by atoms with Crippen LogP contribution < -0.4 is 5.56 Å². The first-order chi connectivity index (χ1) is 9.11. The van der Waals surface area contributed by atoms with Crippen LogP contribution in [0.3, 0.4) is 0 Å². The summed E-state index contributed by atoms with van der Waals surface area (Å²) in [6, 6.07) is 0. The second-order valence-electron chi connectivity index (χ2n) is 3.06. The summed E-state index contributed by atoms with van der Waals surface area (Å²) in [7, 11) is 0. The summed E-state index contributed by atoms with van der Waals surface area (Å²) in [6.07, 6.45) is 2.21. The van der Waals surface area contributed by atoms with E-state index in [2.05, 4.69) is 9.98 Å². The number of rotatable bonds is 3. The number of hydrogen-bond acceptors (Lipinski definition) is 4. The minimum Gasteiger partial charge on any atom is -0.301 e. The fraction of sp³-hybridized carbons (Fsp3) is 0.571. The van der Waals surface area contributed by atoms with E-state index in [1.54, 1.807) is 20.8 Å². The molecule has 0 saturated carbocycles. The number of carbonyl (C=O) groups excluding carboxylic acids is 1. The van der Waals surface area contributed by atoms with Crippen molar-refractivity contribution in [3.05, 3.63) is 21.9 Å². The first kappa shape index (κ1) is 19.6. The van der Waals surface area contributed by atoms with Crippen LogP contribution in [0.15, 0.2) is 9.79 Å². The van der Waals surface area contributed by atoms with Gasteiger partial charge in [-0.1, -0.05) is 27.7 Å². The summed E-state index contributed by atoms with van der Waals surface area (Å²) >= 11 is 0. The first-order valence-electron chi connectivity index (χ1n) is 6.62. The van der Waals surface area contributed by atoms with Gasteiger partial charge in [-0.2, -0.15) is 0 Å². The molecule has 0 fully saturated rings. The highest BCUT2D eigenvalue weighted by Gasteiger charge is 2.09. The lowest BCUT2D eigenvalue weighted by atomic mass is 10.3. The van der Waals surface area contributed by atoms with Crippen LogP contribution >= 0.6 is 0 Å². The normalized spacial score (nSPS) is 9.21. The predicted octanol–water partition coefficient (Wildman–Crippen LogP) is 2.83. The van der Waals surface area contributed by atoms with Gasteiger partial charge in [-0.05, 0) is 20.8 Å². The SMILES string of the molecule is CC.CC.CC=Nc1c(C)nc(C)n(CC=O)c1=O. The van der Waals surface area contributed by atoms with E-state index in [9.17, 15) is 9.59 Å². The Bertz CT molecular complexity index is 462. The molecule has 1 rings (SSSR count). The van der Waals surface area contributed by atoms with E-state index in [1.165, 1.54) is 10.8 Å². The highest BCUT2D eigenvalue weighted by molar-refractivity contribution is 5.61. The van der Waals surface area contributed by atoms with Crippen LogP contribution in [-0.4, -0.2) is 22.1 Å². The average molecular weight is 267 g/mol. The van der Waals surface area contributed by atoms with Crippen molar-refractivity contribution in [2.45, 2.75) is 55.0 Å². The lowest BCUT2D eigenvalue weighted by molar-refractivity contribution is -0.108. The van der Waals surface area contributed by atoms with Crippen LogP contribution in [0.5, 0.6) is 0 Å². The summed E-state index contributed by atoms with van der Waals surface area (Å²) in [5.74, 6) is 0.527. The first-order valence-corrected chi connectivity index (χ1v) is 6.62. The zero-order chi connectivity index (χ0) is 15.4. The second kappa shape index (κ2) is 11.3. The highest BCUT2D eigenvalue weighted by Crippen LogP contribution is 2.09. The van der Waals surface area contributed by atoms with Gasteiger partial charge in [-0.3, -0.25) is 14.4 Å². The topological polar surface area (TPSA) is 64.3 Å². The average Bonchev–Trinajstić information content (AvgIpc) is 2.44. The van der Waals surface area contributed by atoms with Gasteiger partial charge in [0.15, 0.2) is 0 Å². The number of aliphatic imine (C=N–C) groups is 1. The van der Waals surface area contributed by atoms with Gasteiger partial charge in [0.2, 0.25) is 0 Å². The molecule has 1 heterocycles. The van der Waals surface area contributed by atoms with Crippen molar-refractivity contribution in [2.24, 2.45) is 4.99 Å². The maximum Gasteiger partial charge on any atom is 0.280 e. The Hall–Kier alpha value is -1.78. The van der Waals surface area contributed by atoms with Crippen molar-refractivity contribution in [3.8, 4) is 0 Å². The van der Waals surface area contributed by atoms with Crippen molar-refractivity contribution in [1.29, 1.82) is 0 Å². The predicted molar refractivity (Wildman–Crippen MR) is 80.6 cm³/mol. The quantitative estimate of drug-likeness (QED) is 0.625. The molecular weight excluding hydrogens is 242 g/mol. The molecule has 5 nitrogen and oxygen atoms in total. The fourth-order valence-corrected chi connectivity index (χ4v) is 1.35. The zero-order valence-corrected chi connectivity index (χ0v) is 13.0. The Morgan fingerprint density at radius 1 is 1.21 bits per heavy atom. The summed E-state index contributed by atoms with van der Waals surface area (Å²) < 4.78 is 1.31. The lowest BCUT2D eigenvalue weighted by Crippen LogP contribution is -2.25. The summed E-state index contributed by atoms with van der Waals surface area (Å²) in [6.45, 7) is 13.2. The van der Waals surface area contributed by atoms with Crippen LogP contribution in [0.2, 0.25) is 0 Å². The van der Waals surface area contributed by atoms with E-state index >= 15 is 0 Å². The van der Waals surface area contributed by atoms with Crippen LogP contribution in [-0.2, 0) is 11.3 Å². The van der Waals surface area contributed by atoms with E-state index in [1.807, 2.05) is 27.7 Å². The third kappa shape index (κ3) is 5.59. The molecule has 0 N–H and O–H groups in total. The molecular formula is C14H25N3O2. The van der Waals surface area contributed by atoms with E-state index in [-0.39, 0.29) is 12.1 Å². The molecule has 0 aliphatic rings. The van der Waals surface area contributed by atoms with Gasteiger partial charge in [-0.15, -0.1) is 0 Å². The van der Waals surface area contributed by atoms with E-state index in [4.69, 9.17) is 0 Å². The van der Waals surface area contributed by atoms with Crippen LogP contribution in [0.25, 0.3) is 0 Å². The molecule has 19 heavy (non-hydrogen) atoms. The Morgan fingerprint density at radius 3 is 2.16 bits per heavy atom. The molecule has 5 heteroatoms. The van der Waals surface area contributed by atoms with Crippen LogP contribution in [0.1, 0.15) is 46.1 Å². The molecule has 0 spiro atoms. The van der Waals surface area contributed by atoms with E-state index < -0.39 is 0 Å². The second-order valence-corrected chi connectivity index (χ2v) is 3.06. The molecule has 0 aliphatic carbocycles. The van der Waals surface area contributed by atoms with Crippen molar-refractivity contribution in [2.75, 3.05) is 0 Å². The monoisotopic (exact) mass is 267 g/mol. The van der Waals surface area contributed by atoms with Gasteiger partial charge < -0.3 is 4.79 Å². The molecule has 0 atom stereocenters. The zero-order valence-electron chi connectivity index (χ0n) is 13.0. The molecule has 1 aromatic rings. The highest BCUT2D eigenvalue weighted by atomic mass is 16.1. The van der Waals surface area contributed by atoms with Gasteiger partial charge in [0.05, 0.1) is 12.2 Å². The Morgan fingerprint density at radius 2 is 1.74 bits per heavy atom. The summed E-state index contributed by atoms with van der Waals surface area (Å²) in [5.41, 5.74) is 0.605. The number of aldehydes is 1. The van der Waals surface area contributed by atoms with E-state index in [0.29, 0.717) is 23.5 Å². The fourth-order valence-electron chi connectivity index (χ4n) is 1.35. The van der Waals surface area contributed by atoms with Gasteiger partial charge >= 0.3 is 0 Å². The van der Waals surface area contributed by atoms with Crippen LogP contribution in [0, 0.1) is 13.8 Å². The Kier molecular flexibility index (Phi) is 11.7. The molecule has 0 saturated heterocycles. The molecule has 0 aliphatic heterocycles. The number of aryl methyl sites for hydroxylation is 2. The number of hydrogen-bond donors (Lipinski definition) is 0. The number of aromatic nitrogens is 2. The van der Waals surface area contributed by atoms with Crippen molar-refractivity contribution >= 4 is 18.2 Å². The molecule has 0 bridgehead atoms. The maximum atomic E-state index is 11.8. The van der Waals surface area contributed by atoms with Crippen molar-refractivity contribution in [1.82, 2.24) is 9.55 Å². The largest absolute Gasteiger partial charge is 0.301 e. The summed E-state index contributed by atoms with van der Waals surface area (Å²) in [5, 5.41) is 0. The van der Waals surface area contributed by atoms with E-state index in [0.717, 1.165) is 0 Å². The minimum absolute atomic E-state index is 0.0180. The number of nitrogens with zero attached hydrogens (tertiary/aromatic N) is 3. The summed E-state index contributed by atoms with van der Waals surface area (Å²) in [4.78, 5) is 30.4. The third-order valence-corrected chi connectivity index (χ3v) is 2.03. The Balaban J connectivity index is 0. The Labute approximate surface area is 115 Å². The molecule has 0 aromatic carbocycles. The molecule has 0 amide bonds. The lowest BCUT2D eigenvalue weighted by Gasteiger charge is -2.08. The molecule has 0 unspecified atom stereocenters. The smallest absolute Gasteiger partial charge is 0.280 e. The molecule has 0 radical (unpaired) electrons. The number of carbonyl (C=O) groups is 1. The van der Waals surface area contributed by atoms with Gasteiger partial charge in [-0.25, -0.2) is 4.98 Å².